The highest BCUT2D eigenvalue weighted by Gasteiger charge is 2.36. The van der Waals surface area contributed by atoms with Crippen LogP contribution in [0.5, 0.6) is 5.75 Å². The average molecular weight is 395 g/mol. The van der Waals surface area contributed by atoms with Gasteiger partial charge in [-0.15, -0.1) is 17.7 Å². The van der Waals surface area contributed by atoms with Crippen LogP contribution in [0.25, 0.3) is 16.2 Å². The number of nitrogens with two attached hydrogens (primary N) is 1. The molecule has 3 N–H and O–H groups in total. The largest absolute Gasteiger partial charge is 0.482 e. The molecule has 26 heavy (non-hydrogen) atoms. The van der Waals surface area contributed by atoms with Gasteiger partial charge in [0.2, 0.25) is 10.1 Å². The lowest BCUT2D eigenvalue weighted by Gasteiger charge is -2.20. The smallest absolute Gasteiger partial charge is 0.214 e. The molecule has 3 aromatic rings. The third-order valence-electron chi connectivity index (χ3n) is 4.50. The first-order valence-electron chi connectivity index (χ1n) is 8.08. The van der Waals surface area contributed by atoms with E-state index in [4.69, 9.17) is 10.5 Å². The molecule has 10 heteroatoms. The van der Waals surface area contributed by atoms with Gasteiger partial charge >= 0.3 is 0 Å². The van der Waals surface area contributed by atoms with E-state index >= 15 is 0 Å². The molecular formula is C16H18FN5O2S2. The molecular weight excluding hydrogens is 377 g/mol. The van der Waals surface area contributed by atoms with Crippen molar-refractivity contribution in [1.82, 2.24) is 14.6 Å². The van der Waals surface area contributed by atoms with Crippen LogP contribution in [0.3, 0.4) is 0 Å². The minimum Gasteiger partial charge on any atom is -0.482 e. The lowest BCUT2D eigenvalue weighted by molar-refractivity contribution is 0.0725. The molecule has 138 valence electrons. The second-order valence-electron chi connectivity index (χ2n) is 6.24. The van der Waals surface area contributed by atoms with Crippen LogP contribution in [0.1, 0.15) is 6.42 Å². The van der Waals surface area contributed by atoms with Crippen molar-refractivity contribution in [2.45, 2.75) is 12.0 Å². The molecule has 1 aliphatic heterocycles. The topological polar surface area (TPSA) is 88.9 Å². The molecule has 0 radical (unpaired) electrons. The summed E-state index contributed by atoms with van der Waals surface area (Å²) in [5, 5.41) is 15.7. The molecule has 4 rings (SSSR count). The number of fused-ring (bicyclic) bond motifs is 1. The zero-order valence-corrected chi connectivity index (χ0v) is 15.5. The van der Waals surface area contributed by atoms with Gasteiger partial charge in [-0.3, -0.25) is 0 Å². The van der Waals surface area contributed by atoms with Crippen LogP contribution >= 0.6 is 24.0 Å². The summed E-state index contributed by atoms with van der Waals surface area (Å²) in [5.74, 6) is 0.130. The van der Waals surface area contributed by atoms with E-state index in [9.17, 15) is 9.50 Å². The Morgan fingerprint density at radius 2 is 2.31 bits per heavy atom. The van der Waals surface area contributed by atoms with Crippen LogP contribution in [0, 0.1) is 5.82 Å². The zero-order chi connectivity index (χ0) is 18.3. The number of aromatic nitrogens is 3. The van der Waals surface area contributed by atoms with Crippen LogP contribution in [0.2, 0.25) is 0 Å². The van der Waals surface area contributed by atoms with Gasteiger partial charge in [0.25, 0.3) is 0 Å². The highest BCUT2D eigenvalue weighted by atomic mass is 32.1. The van der Waals surface area contributed by atoms with Crippen LogP contribution in [-0.2, 0) is 0 Å². The second-order valence-corrected chi connectivity index (χ2v) is 7.43. The van der Waals surface area contributed by atoms with E-state index in [1.165, 1.54) is 23.5 Å². The summed E-state index contributed by atoms with van der Waals surface area (Å²) in [5.41, 5.74) is 6.17. The first-order valence-corrected chi connectivity index (χ1v) is 9.53. The number of thiol groups is 1. The van der Waals surface area contributed by atoms with Gasteiger partial charge in [0.05, 0.1) is 24.0 Å². The van der Waals surface area contributed by atoms with Gasteiger partial charge in [-0.2, -0.15) is 0 Å². The molecule has 1 unspecified atom stereocenters. The van der Waals surface area contributed by atoms with Gasteiger partial charge in [-0.25, -0.2) is 13.9 Å². The van der Waals surface area contributed by atoms with Gasteiger partial charge in [-0.1, -0.05) is 11.3 Å². The minimum atomic E-state index is -0.874. The van der Waals surface area contributed by atoms with Crippen molar-refractivity contribution in [3.8, 4) is 17.0 Å². The van der Waals surface area contributed by atoms with Crippen molar-refractivity contribution in [3.05, 3.63) is 30.2 Å². The SMILES string of the molecule is NCC1(O)CCN(c2nn3c(-c4ccc(F)cc4OCS)cnc3s2)C1. The van der Waals surface area contributed by atoms with E-state index in [1.807, 2.05) is 4.90 Å². The van der Waals surface area contributed by atoms with E-state index in [-0.39, 0.29) is 18.3 Å². The monoisotopic (exact) mass is 395 g/mol. The van der Waals surface area contributed by atoms with Crippen LogP contribution in [0.4, 0.5) is 9.52 Å². The Balaban J connectivity index is 1.72. The number of β-amino-alcohol motifs (C(OH)–C–C–N with tert-alkyl or cyclic N) is 1. The minimum absolute atomic E-state index is 0.131. The predicted octanol–water partition coefficient (Wildman–Crippen LogP) is 1.76. The Kier molecular flexibility index (Phi) is 4.51. The molecule has 1 aliphatic rings. The molecule has 0 spiro atoms. The van der Waals surface area contributed by atoms with Crippen molar-refractivity contribution < 1.29 is 14.2 Å². The molecule has 1 saturated heterocycles. The second kappa shape index (κ2) is 6.69. The number of ether oxygens (including phenoxy) is 1. The Morgan fingerprint density at radius 1 is 1.46 bits per heavy atom. The molecule has 1 aromatic carbocycles. The first kappa shape index (κ1) is 17.5. The number of halogens is 1. The van der Waals surface area contributed by atoms with E-state index < -0.39 is 5.60 Å². The standard InChI is InChI=1S/C16H18FN5O2S2/c17-10-1-2-11(13(5-10)24-9-25)12-6-19-14-22(12)20-15(26-14)21-4-3-16(23,7-18)8-21/h1-2,5-6,23,25H,3-4,7-9,18H2. The summed E-state index contributed by atoms with van der Waals surface area (Å²) in [7, 11) is 0. The Hall–Kier alpha value is -1.88. The number of anilines is 1. The normalized spacial score (nSPS) is 20.2. The maximum Gasteiger partial charge on any atom is 0.214 e. The number of hydrogen-bond donors (Lipinski definition) is 3. The lowest BCUT2D eigenvalue weighted by Crippen LogP contribution is -2.40. The van der Waals surface area contributed by atoms with Gasteiger partial charge in [-0.05, 0) is 18.6 Å². The van der Waals surface area contributed by atoms with Crippen LogP contribution < -0.4 is 15.4 Å². The summed E-state index contributed by atoms with van der Waals surface area (Å²) in [4.78, 5) is 7.12. The van der Waals surface area contributed by atoms with Crippen LogP contribution in [-0.4, -0.2) is 50.9 Å². The maximum atomic E-state index is 13.6. The third kappa shape index (κ3) is 3.02. The zero-order valence-electron chi connectivity index (χ0n) is 13.8. The predicted molar refractivity (Wildman–Crippen MR) is 102 cm³/mol. The number of aliphatic hydroxyl groups is 1. The van der Waals surface area contributed by atoms with Crippen molar-refractivity contribution >= 4 is 34.1 Å². The summed E-state index contributed by atoms with van der Waals surface area (Å²) in [6.07, 6.45) is 2.29. The van der Waals surface area contributed by atoms with E-state index in [0.717, 1.165) is 5.13 Å². The number of rotatable bonds is 5. The highest BCUT2D eigenvalue weighted by molar-refractivity contribution is 7.80. The number of benzene rings is 1. The fourth-order valence-electron chi connectivity index (χ4n) is 3.08. The van der Waals surface area contributed by atoms with Crippen LogP contribution in [0.15, 0.2) is 24.4 Å². The van der Waals surface area contributed by atoms with Gasteiger partial charge in [0.15, 0.2) is 0 Å². The Labute approximate surface area is 158 Å². The molecule has 3 heterocycles. The van der Waals surface area contributed by atoms with Crippen molar-refractivity contribution in [2.75, 3.05) is 30.5 Å². The molecule has 0 aliphatic carbocycles. The Morgan fingerprint density at radius 3 is 3.04 bits per heavy atom. The first-order chi connectivity index (χ1) is 12.5. The summed E-state index contributed by atoms with van der Waals surface area (Å²) in [6.45, 7) is 1.35. The van der Waals surface area contributed by atoms with Crippen molar-refractivity contribution in [2.24, 2.45) is 5.73 Å². The third-order valence-corrected chi connectivity index (χ3v) is 5.61. The van der Waals surface area contributed by atoms with Crippen molar-refractivity contribution in [3.63, 3.8) is 0 Å². The summed E-state index contributed by atoms with van der Waals surface area (Å²) in [6, 6.07) is 4.33. The molecule has 0 bridgehead atoms. The quantitative estimate of drug-likeness (QED) is 0.451. The number of imidazole rings is 1. The van der Waals surface area contributed by atoms with E-state index in [2.05, 4.69) is 22.7 Å². The molecule has 1 fully saturated rings. The van der Waals surface area contributed by atoms with Gasteiger partial charge in [0.1, 0.15) is 17.5 Å². The van der Waals surface area contributed by atoms with E-state index in [0.29, 0.717) is 41.5 Å². The molecule has 1 atom stereocenters. The van der Waals surface area contributed by atoms with Gasteiger partial charge in [0, 0.05) is 24.7 Å². The number of hydrogen-bond acceptors (Lipinski definition) is 8. The number of nitrogens with zero attached hydrogens (tertiary/aromatic N) is 4. The molecule has 0 amide bonds. The molecule has 2 aromatic heterocycles. The fourth-order valence-corrected chi connectivity index (χ4v) is 4.12. The average Bonchev–Trinajstić information content (AvgIpc) is 3.30. The molecule has 7 nitrogen and oxygen atoms in total. The highest BCUT2D eigenvalue weighted by Crippen LogP contribution is 2.35. The lowest BCUT2D eigenvalue weighted by atomic mass is 10.0. The molecule has 0 saturated carbocycles. The summed E-state index contributed by atoms with van der Waals surface area (Å²) >= 11 is 5.48. The van der Waals surface area contributed by atoms with Gasteiger partial charge < -0.3 is 20.5 Å². The Bertz CT molecular complexity index is 946. The van der Waals surface area contributed by atoms with Crippen molar-refractivity contribution in [1.29, 1.82) is 0 Å². The van der Waals surface area contributed by atoms with E-state index in [1.54, 1.807) is 16.8 Å². The summed E-state index contributed by atoms with van der Waals surface area (Å²) < 4.78 is 20.7. The maximum absolute atomic E-state index is 13.6. The fraction of sp³-hybridized carbons (Fsp3) is 0.375.